The number of fused-ring (bicyclic) bond motifs is 3. The van der Waals surface area contributed by atoms with E-state index in [1.165, 1.54) is 42.8 Å². The first-order valence-corrected chi connectivity index (χ1v) is 19.0. The van der Waals surface area contributed by atoms with Gasteiger partial charge in [0.05, 0.1) is 11.0 Å². The van der Waals surface area contributed by atoms with E-state index in [1.54, 1.807) is 6.07 Å². The number of amides is 1. The Balaban J connectivity index is 0.975. The smallest absolute Gasteiger partial charge is 0.240 e. The van der Waals surface area contributed by atoms with E-state index in [4.69, 9.17) is 10.1 Å². The van der Waals surface area contributed by atoms with E-state index < -0.39 is 20.7 Å². The molecule has 3 saturated heterocycles. The fraction of sp³-hybridized carbons (Fsp3) is 0.474. The zero-order chi connectivity index (χ0) is 33.5. The topological polar surface area (TPSA) is 102 Å². The second kappa shape index (κ2) is 13.4. The van der Waals surface area contributed by atoms with Crippen LogP contribution in [0.25, 0.3) is 11.0 Å². The normalized spacial score (nSPS) is 22.7. The maximum atomic E-state index is 13.9. The van der Waals surface area contributed by atoms with E-state index in [1.807, 2.05) is 4.90 Å². The Hall–Kier alpha value is -3.60. The largest absolute Gasteiger partial charge is 0.343 e. The van der Waals surface area contributed by atoms with Crippen LogP contribution in [-0.2, 0) is 26.7 Å². The number of hydrogen-bond acceptors (Lipinski definition) is 5. The van der Waals surface area contributed by atoms with E-state index in [0.717, 1.165) is 56.3 Å². The van der Waals surface area contributed by atoms with Gasteiger partial charge < -0.3 is 9.47 Å². The molecule has 1 aromatic heterocycles. The third kappa shape index (κ3) is 6.54. The molecule has 8 nitrogen and oxygen atoms in total. The second-order valence-electron chi connectivity index (χ2n) is 14.2. The lowest BCUT2D eigenvalue weighted by atomic mass is 9.70. The molecule has 3 aliphatic rings. The quantitative estimate of drug-likeness (QED) is 0.214. The number of benzene rings is 3. The number of para-hydroxylation sites is 2. The van der Waals surface area contributed by atoms with Crippen LogP contribution in [0.5, 0.6) is 0 Å². The number of sulfonamides is 1. The van der Waals surface area contributed by atoms with Gasteiger partial charge in [-0.25, -0.2) is 22.9 Å². The van der Waals surface area contributed by atoms with Gasteiger partial charge in [-0.05, 0) is 112 Å². The van der Waals surface area contributed by atoms with Crippen LogP contribution < -0.4 is 5.14 Å². The number of nitrogens with two attached hydrogens (primary N) is 1. The molecule has 0 saturated carbocycles. The molecular weight excluding hydrogens is 626 g/mol. The number of rotatable bonds is 10. The van der Waals surface area contributed by atoms with Gasteiger partial charge in [-0.1, -0.05) is 48.5 Å². The Morgan fingerprint density at radius 1 is 0.958 bits per heavy atom. The van der Waals surface area contributed by atoms with E-state index >= 15 is 0 Å². The minimum absolute atomic E-state index is 0.0314. The van der Waals surface area contributed by atoms with Crippen molar-refractivity contribution in [1.29, 1.82) is 0 Å². The monoisotopic (exact) mass is 671 g/mol. The molecule has 0 aliphatic carbocycles. The summed E-state index contributed by atoms with van der Waals surface area (Å²) < 4.78 is 39.8. The zero-order valence-corrected chi connectivity index (χ0v) is 28.5. The average molecular weight is 672 g/mol. The lowest BCUT2D eigenvalue weighted by Gasteiger charge is -2.45. The maximum Gasteiger partial charge on any atom is 0.240 e. The summed E-state index contributed by atoms with van der Waals surface area (Å²) in [6.45, 7) is 4.67. The van der Waals surface area contributed by atoms with Crippen LogP contribution in [0.3, 0.4) is 0 Å². The Bertz CT molecular complexity index is 1870. The van der Waals surface area contributed by atoms with Gasteiger partial charge in [-0.15, -0.1) is 0 Å². The van der Waals surface area contributed by atoms with E-state index in [-0.39, 0.29) is 11.3 Å². The minimum Gasteiger partial charge on any atom is -0.343 e. The summed E-state index contributed by atoms with van der Waals surface area (Å²) in [5, 5.41) is 5.16. The molecular formula is C38H46FN5O3S. The fourth-order valence-corrected chi connectivity index (χ4v) is 9.63. The van der Waals surface area contributed by atoms with Crippen LogP contribution in [0.1, 0.15) is 80.8 Å². The van der Waals surface area contributed by atoms with Gasteiger partial charge in [0, 0.05) is 37.6 Å². The van der Waals surface area contributed by atoms with Gasteiger partial charge in [0.2, 0.25) is 15.9 Å². The van der Waals surface area contributed by atoms with Crippen molar-refractivity contribution in [3.05, 3.63) is 95.6 Å². The van der Waals surface area contributed by atoms with Crippen LogP contribution in [0.4, 0.5) is 4.39 Å². The highest BCUT2D eigenvalue weighted by Gasteiger charge is 2.44. The number of hydrogen-bond donors (Lipinski definition) is 1. The highest BCUT2D eigenvalue weighted by molar-refractivity contribution is 7.89. The van der Waals surface area contributed by atoms with Gasteiger partial charge in [0.25, 0.3) is 0 Å². The molecule has 10 heteroatoms. The zero-order valence-electron chi connectivity index (χ0n) is 27.7. The minimum atomic E-state index is -4.14. The molecule has 2 unspecified atom stereocenters. The summed E-state index contributed by atoms with van der Waals surface area (Å²) in [7, 11) is -4.14. The Labute approximate surface area is 283 Å². The molecule has 3 fully saturated rings. The number of imidazole rings is 1. The van der Waals surface area contributed by atoms with Crippen molar-refractivity contribution in [2.75, 3.05) is 19.6 Å². The Kier molecular flexibility index (Phi) is 9.17. The summed E-state index contributed by atoms with van der Waals surface area (Å²) in [6.07, 6.45) is 9.20. The highest BCUT2D eigenvalue weighted by atomic mass is 32.2. The number of aromatic nitrogens is 2. The number of halogens is 1. The molecule has 2 N–H and O–H groups in total. The summed E-state index contributed by atoms with van der Waals surface area (Å²) in [4.78, 5) is 22.5. The predicted molar refractivity (Wildman–Crippen MR) is 186 cm³/mol. The lowest BCUT2D eigenvalue weighted by molar-refractivity contribution is -0.133. The maximum absolute atomic E-state index is 13.9. The third-order valence-electron chi connectivity index (χ3n) is 11.5. The number of nitrogens with zero attached hydrogens (tertiary/aromatic N) is 4. The van der Waals surface area contributed by atoms with Crippen molar-refractivity contribution in [3.63, 3.8) is 0 Å². The molecule has 7 rings (SSSR count). The van der Waals surface area contributed by atoms with Crippen LogP contribution in [0.15, 0.2) is 77.7 Å². The van der Waals surface area contributed by atoms with Gasteiger partial charge in [-0.2, -0.15) is 0 Å². The first-order valence-electron chi connectivity index (χ1n) is 17.5. The van der Waals surface area contributed by atoms with Crippen molar-refractivity contribution in [2.45, 2.75) is 99.6 Å². The van der Waals surface area contributed by atoms with Crippen LogP contribution in [-0.4, -0.2) is 65.4 Å². The average Bonchev–Trinajstić information content (AvgIpc) is 3.54. The molecule has 0 radical (unpaired) electrons. The predicted octanol–water partition coefficient (Wildman–Crippen LogP) is 6.27. The SMILES string of the molecule is Cc1nc2ccccc2n1C1CC2CCC(C1)N2CCC1(c2ccccc2)CCN(C(=O)CCCc2ccc(F)c(S(N)(=O)=O)c2)CC1. The van der Waals surface area contributed by atoms with Crippen molar-refractivity contribution in [2.24, 2.45) is 5.14 Å². The van der Waals surface area contributed by atoms with E-state index in [2.05, 4.69) is 71.0 Å². The molecule has 0 spiro atoms. The van der Waals surface area contributed by atoms with Gasteiger partial charge in [0.1, 0.15) is 16.5 Å². The third-order valence-corrected chi connectivity index (χ3v) is 12.4. The first kappa shape index (κ1) is 32.9. The summed E-state index contributed by atoms with van der Waals surface area (Å²) in [6, 6.07) is 25.0. The molecule has 4 heterocycles. The van der Waals surface area contributed by atoms with Crippen molar-refractivity contribution in [1.82, 2.24) is 19.4 Å². The molecule has 3 aromatic carbocycles. The molecule has 1 amide bonds. The first-order chi connectivity index (χ1) is 23.1. The van der Waals surface area contributed by atoms with Crippen LogP contribution in [0, 0.1) is 12.7 Å². The summed E-state index contributed by atoms with van der Waals surface area (Å²) in [5.41, 5.74) is 4.40. The number of aryl methyl sites for hydroxylation is 2. The molecule has 48 heavy (non-hydrogen) atoms. The van der Waals surface area contributed by atoms with Gasteiger partial charge in [0.15, 0.2) is 0 Å². The summed E-state index contributed by atoms with van der Waals surface area (Å²) in [5.74, 6) is 0.376. The van der Waals surface area contributed by atoms with Crippen molar-refractivity contribution in [3.8, 4) is 0 Å². The van der Waals surface area contributed by atoms with Gasteiger partial charge >= 0.3 is 0 Å². The second-order valence-corrected chi connectivity index (χ2v) is 15.7. The number of likely N-dealkylation sites (tertiary alicyclic amines) is 1. The number of primary sulfonamides is 1. The van der Waals surface area contributed by atoms with E-state index in [0.29, 0.717) is 43.0 Å². The van der Waals surface area contributed by atoms with Crippen molar-refractivity contribution >= 4 is 27.0 Å². The van der Waals surface area contributed by atoms with Crippen molar-refractivity contribution < 1.29 is 17.6 Å². The molecule has 254 valence electrons. The Morgan fingerprint density at radius 2 is 1.65 bits per heavy atom. The lowest BCUT2D eigenvalue weighted by Crippen LogP contribution is -2.49. The fourth-order valence-electron chi connectivity index (χ4n) is 8.97. The Morgan fingerprint density at radius 3 is 2.35 bits per heavy atom. The standard InChI is InChI=1S/C38H46FN5O3S/c1-27-41-34-11-5-6-12-35(34)44(27)32-25-30-15-16-31(26-32)43(30)23-20-38(29-9-3-2-4-10-29)18-21-42(22-19-38)37(45)13-7-8-28-14-17-33(39)36(24-28)48(40,46)47/h2-6,9-12,14,17,24,30-32H,7-8,13,15-16,18-23,25-26H2,1H3,(H2,40,46,47). The number of piperidine rings is 2. The molecule has 2 bridgehead atoms. The molecule has 2 atom stereocenters. The number of carbonyl (C=O) groups excluding carboxylic acids is 1. The molecule has 4 aromatic rings. The van der Waals surface area contributed by atoms with Crippen LogP contribution >= 0.6 is 0 Å². The molecule has 3 aliphatic heterocycles. The van der Waals surface area contributed by atoms with Gasteiger partial charge in [-0.3, -0.25) is 9.69 Å². The highest BCUT2D eigenvalue weighted by Crippen LogP contribution is 2.45. The van der Waals surface area contributed by atoms with E-state index in [9.17, 15) is 17.6 Å². The summed E-state index contributed by atoms with van der Waals surface area (Å²) >= 11 is 0. The number of carbonyl (C=O) groups is 1. The van der Waals surface area contributed by atoms with Crippen LogP contribution in [0.2, 0.25) is 0 Å².